The van der Waals surface area contributed by atoms with Crippen LogP contribution < -0.4 is 10.6 Å². The molecular weight excluding hydrogens is 152 g/mol. The first-order valence-corrected chi connectivity index (χ1v) is 5.02. The first-order valence-electron chi connectivity index (χ1n) is 5.02. The smallest absolute Gasteiger partial charge is 0.112 e. The fourth-order valence-electron chi connectivity index (χ4n) is 2.03. The molecule has 2 aliphatic heterocycles. The van der Waals surface area contributed by atoms with Crippen molar-refractivity contribution in [1.82, 2.24) is 10.6 Å². The van der Waals surface area contributed by atoms with Gasteiger partial charge < -0.3 is 10.1 Å². The number of piperidine rings is 1. The maximum Gasteiger partial charge on any atom is 0.112 e. The third-order valence-corrected chi connectivity index (χ3v) is 2.73. The normalized spacial score (nSPS) is 38.0. The highest BCUT2D eigenvalue weighted by atomic mass is 16.5. The van der Waals surface area contributed by atoms with Gasteiger partial charge in [0.15, 0.2) is 0 Å². The zero-order chi connectivity index (χ0) is 8.23. The second-order valence-electron chi connectivity index (χ2n) is 3.71. The molecule has 0 amide bonds. The van der Waals surface area contributed by atoms with Crippen molar-refractivity contribution >= 4 is 0 Å². The number of rotatable bonds is 1. The van der Waals surface area contributed by atoms with Crippen LogP contribution in [0.3, 0.4) is 0 Å². The van der Waals surface area contributed by atoms with Gasteiger partial charge in [0.2, 0.25) is 0 Å². The van der Waals surface area contributed by atoms with E-state index in [0.29, 0.717) is 12.1 Å². The van der Waals surface area contributed by atoms with Gasteiger partial charge in [-0.3, -0.25) is 5.32 Å². The van der Waals surface area contributed by atoms with E-state index in [9.17, 15) is 0 Å². The Balaban J connectivity index is 1.80. The van der Waals surface area contributed by atoms with Crippen LogP contribution in [0, 0.1) is 5.92 Å². The molecule has 0 radical (unpaired) electrons. The van der Waals surface area contributed by atoms with E-state index < -0.39 is 0 Å². The molecule has 3 nitrogen and oxygen atoms in total. The van der Waals surface area contributed by atoms with E-state index in [2.05, 4.69) is 10.6 Å². The van der Waals surface area contributed by atoms with Crippen molar-refractivity contribution in [3.05, 3.63) is 0 Å². The van der Waals surface area contributed by atoms with Crippen LogP contribution in [0.1, 0.15) is 19.3 Å². The molecular formula is C9H18N2O. The lowest BCUT2D eigenvalue weighted by Gasteiger charge is -2.33. The largest absolute Gasteiger partial charge is 0.363 e. The van der Waals surface area contributed by atoms with Gasteiger partial charge in [-0.1, -0.05) is 0 Å². The summed E-state index contributed by atoms with van der Waals surface area (Å²) in [6, 6.07) is 0. The molecule has 70 valence electrons. The van der Waals surface area contributed by atoms with Crippen molar-refractivity contribution in [3.8, 4) is 0 Å². The van der Waals surface area contributed by atoms with Crippen molar-refractivity contribution in [2.45, 2.75) is 25.5 Å². The molecule has 12 heavy (non-hydrogen) atoms. The topological polar surface area (TPSA) is 33.3 Å². The Morgan fingerprint density at radius 3 is 2.83 bits per heavy atom. The minimum Gasteiger partial charge on any atom is -0.363 e. The van der Waals surface area contributed by atoms with Gasteiger partial charge in [-0.25, -0.2) is 0 Å². The first kappa shape index (κ1) is 8.48. The number of hydrogen-bond donors (Lipinski definition) is 2. The highest BCUT2D eigenvalue weighted by molar-refractivity contribution is 4.77. The van der Waals surface area contributed by atoms with Crippen LogP contribution in [-0.2, 0) is 4.74 Å². The zero-order valence-electron chi connectivity index (χ0n) is 7.51. The quantitative estimate of drug-likeness (QED) is 0.594. The third-order valence-electron chi connectivity index (χ3n) is 2.73. The summed E-state index contributed by atoms with van der Waals surface area (Å²) in [5.41, 5.74) is 0. The highest BCUT2D eigenvalue weighted by Gasteiger charge is 2.25. The molecule has 0 spiro atoms. The fourth-order valence-corrected chi connectivity index (χ4v) is 2.03. The molecule has 2 atom stereocenters. The van der Waals surface area contributed by atoms with E-state index in [0.717, 1.165) is 26.1 Å². The molecule has 0 bridgehead atoms. The van der Waals surface area contributed by atoms with Crippen molar-refractivity contribution in [2.24, 2.45) is 5.92 Å². The van der Waals surface area contributed by atoms with Gasteiger partial charge in [0.05, 0.1) is 0 Å². The van der Waals surface area contributed by atoms with Gasteiger partial charge in [-0.05, 0) is 32.4 Å². The van der Waals surface area contributed by atoms with Gasteiger partial charge in [0.1, 0.15) is 6.23 Å². The van der Waals surface area contributed by atoms with Crippen LogP contribution in [-0.4, -0.2) is 32.5 Å². The van der Waals surface area contributed by atoms with Crippen LogP contribution in [0.5, 0.6) is 0 Å². The van der Waals surface area contributed by atoms with Crippen LogP contribution >= 0.6 is 0 Å². The predicted molar refractivity (Wildman–Crippen MR) is 48.0 cm³/mol. The van der Waals surface area contributed by atoms with E-state index in [1.165, 1.54) is 19.4 Å². The second kappa shape index (κ2) is 4.21. The Hall–Kier alpha value is -0.120. The molecule has 2 N–H and O–H groups in total. The van der Waals surface area contributed by atoms with Gasteiger partial charge in [0.25, 0.3) is 0 Å². The van der Waals surface area contributed by atoms with E-state index in [-0.39, 0.29) is 0 Å². The molecule has 0 aliphatic carbocycles. The standard InChI is InChI=1S/C9H18N2O/c1-3-8(7-10-4-1)9-11-5-2-6-12-9/h8-11H,1-7H2. The third kappa shape index (κ3) is 1.97. The Morgan fingerprint density at radius 1 is 1.17 bits per heavy atom. The monoisotopic (exact) mass is 170 g/mol. The van der Waals surface area contributed by atoms with Crippen molar-refractivity contribution in [2.75, 3.05) is 26.2 Å². The average molecular weight is 170 g/mol. The predicted octanol–water partition coefficient (Wildman–Crippen LogP) is 0.322. The molecule has 2 saturated heterocycles. The van der Waals surface area contributed by atoms with Gasteiger partial charge in [-0.15, -0.1) is 0 Å². The van der Waals surface area contributed by atoms with E-state index in [1.807, 2.05) is 0 Å². The minimum atomic E-state index is 0.326. The fraction of sp³-hybridized carbons (Fsp3) is 1.00. The second-order valence-corrected chi connectivity index (χ2v) is 3.71. The summed E-state index contributed by atoms with van der Waals surface area (Å²) >= 11 is 0. The lowest BCUT2D eigenvalue weighted by atomic mass is 9.97. The lowest BCUT2D eigenvalue weighted by Crippen LogP contribution is -2.48. The SMILES string of the molecule is C1CNC(C2CCCNC2)OC1. The van der Waals surface area contributed by atoms with E-state index in [1.54, 1.807) is 0 Å². The number of ether oxygens (including phenoxy) is 1. The molecule has 2 fully saturated rings. The summed E-state index contributed by atoms with van der Waals surface area (Å²) in [7, 11) is 0. The molecule has 2 aliphatic rings. The van der Waals surface area contributed by atoms with Gasteiger partial charge in [-0.2, -0.15) is 0 Å². The first-order chi connectivity index (χ1) is 5.97. The van der Waals surface area contributed by atoms with Gasteiger partial charge in [0, 0.05) is 19.1 Å². The molecule has 0 aromatic carbocycles. The summed E-state index contributed by atoms with van der Waals surface area (Å²) in [5.74, 6) is 0.694. The van der Waals surface area contributed by atoms with Crippen LogP contribution in [0.2, 0.25) is 0 Å². The number of hydrogen-bond acceptors (Lipinski definition) is 3. The summed E-state index contributed by atoms with van der Waals surface area (Å²) in [6.07, 6.45) is 4.10. The molecule has 2 heterocycles. The zero-order valence-corrected chi connectivity index (χ0v) is 7.51. The van der Waals surface area contributed by atoms with Crippen LogP contribution in [0.4, 0.5) is 0 Å². The molecule has 0 aromatic heterocycles. The molecule has 3 heteroatoms. The van der Waals surface area contributed by atoms with Crippen LogP contribution in [0.15, 0.2) is 0 Å². The molecule has 2 rings (SSSR count). The maximum absolute atomic E-state index is 5.67. The average Bonchev–Trinajstić information content (AvgIpc) is 2.21. The summed E-state index contributed by atoms with van der Waals surface area (Å²) in [6.45, 7) is 4.37. The van der Waals surface area contributed by atoms with Crippen molar-refractivity contribution < 1.29 is 4.74 Å². The Morgan fingerprint density at radius 2 is 2.17 bits per heavy atom. The number of nitrogens with one attached hydrogen (secondary N) is 2. The minimum absolute atomic E-state index is 0.326. The van der Waals surface area contributed by atoms with E-state index in [4.69, 9.17) is 4.74 Å². The lowest BCUT2D eigenvalue weighted by molar-refractivity contribution is -0.0412. The molecule has 2 unspecified atom stereocenters. The molecule has 0 saturated carbocycles. The maximum atomic E-state index is 5.67. The summed E-state index contributed by atoms with van der Waals surface area (Å²) < 4.78 is 5.67. The van der Waals surface area contributed by atoms with Crippen molar-refractivity contribution in [1.29, 1.82) is 0 Å². The van der Waals surface area contributed by atoms with Crippen molar-refractivity contribution in [3.63, 3.8) is 0 Å². The summed E-state index contributed by atoms with van der Waals surface area (Å²) in [5, 5.41) is 6.84. The molecule has 0 aromatic rings. The van der Waals surface area contributed by atoms with E-state index >= 15 is 0 Å². The Kier molecular flexibility index (Phi) is 2.98. The highest BCUT2D eigenvalue weighted by Crippen LogP contribution is 2.17. The Bertz CT molecular complexity index is 112. The van der Waals surface area contributed by atoms with Gasteiger partial charge >= 0.3 is 0 Å². The van der Waals surface area contributed by atoms with Crippen LogP contribution in [0.25, 0.3) is 0 Å². The Labute approximate surface area is 73.9 Å². The summed E-state index contributed by atoms with van der Waals surface area (Å²) in [4.78, 5) is 0.